The average Bonchev–Trinajstić information content (AvgIpc) is 2.66. The molecule has 4 N–H and O–H groups in total. The van der Waals surface area contributed by atoms with Gasteiger partial charge in [-0.25, -0.2) is 0 Å². The molecule has 1 aliphatic rings. The van der Waals surface area contributed by atoms with Crippen LogP contribution < -0.4 is 0 Å². The molecule has 0 amide bonds. The van der Waals surface area contributed by atoms with Gasteiger partial charge in [0, 0.05) is 0 Å². The van der Waals surface area contributed by atoms with Crippen LogP contribution in [0.25, 0.3) is 12.2 Å². The summed E-state index contributed by atoms with van der Waals surface area (Å²) in [6.07, 6.45) is -1.94. The van der Waals surface area contributed by atoms with E-state index >= 15 is 0 Å². The predicted molar refractivity (Wildman–Crippen MR) is 94.5 cm³/mol. The summed E-state index contributed by atoms with van der Waals surface area (Å²) in [5.74, 6) is 0. The molecule has 3 rings (SSSR count). The lowest BCUT2D eigenvalue weighted by atomic mass is 9.89. The van der Waals surface area contributed by atoms with Crippen LogP contribution in [0.2, 0.25) is 0 Å². The molecule has 5 heteroatoms. The standard InChI is InChI=1S/C20H22O5/c21-12-16-17(22)18(23)19(24)20(25-16)15-9-5-4-8-14(15)11-10-13-6-2-1-3-7-13/h1-11,16-24H,12H2/t16-,17-,18+,19-,20?/m1/s1. The average molecular weight is 342 g/mol. The van der Waals surface area contributed by atoms with Gasteiger partial charge in [-0.3, -0.25) is 0 Å². The first-order chi connectivity index (χ1) is 12.1. The van der Waals surface area contributed by atoms with Crippen molar-refractivity contribution in [1.29, 1.82) is 0 Å². The van der Waals surface area contributed by atoms with E-state index in [9.17, 15) is 20.4 Å². The second-order valence-electron chi connectivity index (χ2n) is 6.12. The Kier molecular flexibility index (Phi) is 5.63. The minimum atomic E-state index is -1.39. The number of rotatable bonds is 4. The molecule has 0 aliphatic carbocycles. The SMILES string of the molecule is OC[C@H]1OC(c2ccccc2C=Cc2ccccc2)[C@H](O)[C@@H](O)[C@@H]1O. The Hall–Kier alpha value is -2.02. The lowest BCUT2D eigenvalue weighted by molar-refractivity contribution is -0.231. The molecule has 1 fully saturated rings. The van der Waals surface area contributed by atoms with Crippen LogP contribution in [0.4, 0.5) is 0 Å². The van der Waals surface area contributed by atoms with Crippen LogP contribution in [0.15, 0.2) is 54.6 Å². The van der Waals surface area contributed by atoms with E-state index in [1.165, 1.54) is 0 Å². The molecule has 2 aromatic rings. The van der Waals surface area contributed by atoms with Crippen molar-refractivity contribution in [2.24, 2.45) is 0 Å². The molecular weight excluding hydrogens is 320 g/mol. The van der Waals surface area contributed by atoms with Gasteiger partial charge in [0.25, 0.3) is 0 Å². The number of hydrogen-bond acceptors (Lipinski definition) is 5. The fourth-order valence-corrected chi connectivity index (χ4v) is 3.03. The van der Waals surface area contributed by atoms with E-state index in [2.05, 4.69) is 0 Å². The van der Waals surface area contributed by atoms with Crippen LogP contribution in [0.3, 0.4) is 0 Å². The van der Waals surface area contributed by atoms with Crippen molar-refractivity contribution in [3.8, 4) is 0 Å². The molecule has 0 spiro atoms. The number of benzene rings is 2. The Balaban J connectivity index is 1.91. The van der Waals surface area contributed by atoms with Crippen molar-refractivity contribution in [1.82, 2.24) is 0 Å². The van der Waals surface area contributed by atoms with Crippen LogP contribution in [0.1, 0.15) is 22.8 Å². The first-order valence-electron chi connectivity index (χ1n) is 8.24. The van der Waals surface area contributed by atoms with Crippen LogP contribution >= 0.6 is 0 Å². The minimum Gasteiger partial charge on any atom is -0.394 e. The normalized spacial score (nSPS) is 29.8. The lowest BCUT2D eigenvalue weighted by Gasteiger charge is -2.40. The van der Waals surface area contributed by atoms with Crippen LogP contribution in [-0.4, -0.2) is 51.4 Å². The van der Waals surface area contributed by atoms with Gasteiger partial charge < -0.3 is 25.2 Å². The summed E-state index contributed by atoms with van der Waals surface area (Å²) in [4.78, 5) is 0. The maximum atomic E-state index is 10.3. The molecule has 2 aromatic carbocycles. The van der Waals surface area contributed by atoms with E-state index in [-0.39, 0.29) is 0 Å². The molecule has 0 saturated carbocycles. The maximum Gasteiger partial charge on any atom is 0.113 e. The molecule has 1 aliphatic heterocycles. The zero-order valence-corrected chi connectivity index (χ0v) is 13.6. The summed E-state index contributed by atoms with van der Waals surface area (Å²) < 4.78 is 5.67. The molecule has 132 valence electrons. The van der Waals surface area contributed by atoms with Crippen molar-refractivity contribution in [2.45, 2.75) is 30.5 Å². The van der Waals surface area contributed by atoms with E-state index in [0.29, 0.717) is 5.56 Å². The van der Waals surface area contributed by atoms with Gasteiger partial charge in [0.1, 0.15) is 30.5 Å². The van der Waals surface area contributed by atoms with Gasteiger partial charge in [-0.1, -0.05) is 66.7 Å². The Bertz CT molecular complexity index is 713. The molecule has 1 saturated heterocycles. The maximum absolute atomic E-state index is 10.3. The Morgan fingerprint density at radius 2 is 1.48 bits per heavy atom. The summed E-state index contributed by atoms with van der Waals surface area (Å²) in [6, 6.07) is 17.2. The monoisotopic (exact) mass is 342 g/mol. The predicted octanol–water partition coefficient (Wildman–Crippen LogP) is 1.37. The highest BCUT2D eigenvalue weighted by Gasteiger charge is 2.44. The zero-order chi connectivity index (χ0) is 17.8. The van der Waals surface area contributed by atoms with Crippen molar-refractivity contribution in [3.05, 3.63) is 71.3 Å². The smallest absolute Gasteiger partial charge is 0.113 e. The molecule has 5 atom stereocenters. The van der Waals surface area contributed by atoms with Gasteiger partial charge in [-0.2, -0.15) is 0 Å². The zero-order valence-electron chi connectivity index (χ0n) is 13.6. The van der Waals surface area contributed by atoms with Crippen molar-refractivity contribution in [3.63, 3.8) is 0 Å². The van der Waals surface area contributed by atoms with Crippen molar-refractivity contribution >= 4 is 12.2 Å². The Morgan fingerprint density at radius 1 is 0.800 bits per heavy atom. The number of hydrogen-bond donors (Lipinski definition) is 4. The van der Waals surface area contributed by atoms with Gasteiger partial charge >= 0.3 is 0 Å². The van der Waals surface area contributed by atoms with Gasteiger partial charge in [0.15, 0.2) is 0 Å². The van der Waals surface area contributed by atoms with E-state index in [0.717, 1.165) is 11.1 Å². The quantitative estimate of drug-likeness (QED) is 0.630. The Morgan fingerprint density at radius 3 is 2.20 bits per heavy atom. The molecular formula is C20H22O5. The van der Waals surface area contributed by atoms with E-state index in [1.54, 1.807) is 6.07 Å². The summed E-state index contributed by atoms with van der Waals surface area (Å²) in [5, 5.41) is 39.7. The van der Waals surface area contributed by atoms with Crippen LogP contribution in [0.5, 0.6) is 0 Å². The van der Waals surface area contributed by atoms with Gasteiger partial charge in [-0.05, 0) is 16.7 Å². The highest BCUT2D eigenvalue weighted by Crippen LogP contribution is 2.34. The van der Waals surface area contributed by atoms with Gasteiger partial charge in [0.05, 0.1) is 6.61 Å². The number of aliphatic hydroxyl groups is 4. The third-order valence-electron chi connectivity index (χ3n) is 4.45. The highest BCUT2D eigenvalue weighted by atomic mass is 16.5. The van der Waals surface area contributed by atoms with E-state index in [1.807, 2.05) is 60.7 Å². The highest BCUT2D eigenvalue weighted by molar-refractivity contribution is 5.71. The van der Waals surface area contributed by atoms with E-state index in [4.69, 9.17) is 4.74 Å². The first-order valence-corrected chi connectivity index (χ1v) is 8.24. The fourth-order valence-electron chi connectivity index (χ4n) is 3.03. The van der Waals surface area contributed by atoms with Crippen molar-refractivity contribution in [2.75, 3.05) is 6.61 Å². The molecule has 1 unspecified atom stereocenters. The molecule has 1 heterocycles. The number of aliphatic hydroxyl groups excluding tert-OH is 4. The number of ether oxygens (including phenoxy) is 1. The van der Waals surface area contributed by atoms with Crippen LogP contribution in [0, 0.1) is 0 Å². The topological polar surface area (TPSA) is 90.2 Å². The summed E-state index contributed by atoms with van der Waals surface area (Å²) in [5.41, 5.74) is 2.55. The summed E-state index contributed by atoms with van der Waals surface area (Å²) in [7, 11) is 0. The van der Waals surface area contributed by atoms with Gasteiger partial charge in [0.2, 0.25) is 0 Å². The van der Waals surface area contributed by atoms with Crippen molar-refractivity contribution < 1.29 is 25.2 Å². The second kappa shape index (κ2) is 7.91. The molecule has 25 heavy (non-hydrogen) atoms. The lowest BCUT2D eigenvalue weighted by Crippen LogP contribution is -2.55. The fraction of sp³-hybridized carbons (Fsp3) is 0.300. The third kappa shape index (κ3) is 3.81. The largest absolute Gasteiger partial charge is 0.394 e. The van der Waals surface area contributed by atoms with Gasteiger partial charge in [-0.15, -0.1) is 0 Å². The molecule has 0 bridgehead atoms. The molecule has 0 radical (unpaired) electrons. The minimum absolute atomic E-state index is 0.441. The third-order valence-corrected chi connectivity index (χ3v) is 4.45. The molecule has 5 nitrogen and oxygen atoms in total. The van der Waals surface area contributed by atoms with E-state index < -0.39 is 37.1 Å². The first kappa shape index (κ1) is 17.8. The van der Waals surface area contributed by atoms with Crippen LogP contribution in [-0.2, 0) is 4.74 Å². The summed E-state index contributed by atoms with van der Waals surface area (Å²) >= 11 is 0. The molecule has 0 aromatic heterocycles. The summed E-state index contributed by atoms with van der Waals surface area (Å²) in [6.45, 7) is -0.441. The second-order valence-corrected chi connectivity index (χ2v) is 6.12. The Labute approximate surface area is 146 Å².